The van der Waals surface area contributed by atoms with Crippen molar-refractivity contribution in [3.05, 3.63) is 48.1 Å². The van der Waals surface area contributed by atoms with Gasteiger partial charge in [-0.05, 0) is 24.5 Å². The monoisotopic (exact) mass is 346 g/mol. The molecule has 6 nitrogen and oxygen atoms in total. The Morgan fingerprint density at radius 1 is 1.38 bits per heavy atom. The van der Waals surface area contributed by atoms with Gasteiger partial charge in [-0.1, -0.05) is 31.1 Å². The summed E-state index contributed by atoms with van der Waals surface area (Å²) in [6, 6.07) is 3.75. The Labute approximate surface area is 142 Å². The average Bonchev–Trinajstić information content (AvgIpc) is 3.22. The van der Waals surface area contributed by atoms with Gasteiger partial charge in [-0.2, -0.15) is 5.10 Å². The zero-order chi connectivity index (χ0) is 17.0. The molecule has 2 heterocycles. The molecule has 1 aliphatic rings. The number of nitrogens with one attached hydrogen (secondary N) is 1. The van der Waals surface area contributed by atoms with Crippen LogP contribution < -0.4 is 4.72 Å². The predicted molar refractivity (Wildman–Crippen MR) is 92.9 cm³/mol. The number of hydrogen-bond acceptors (Lipinski definition) is 4. The molecular formula is C17H22N4O2S. The summed E-state index contributed by atoms with van der Waals surface area (Å²) in [5.41, 5.74) is 1.64. The molecule has 24 heavy (non-hydrogen) atoms. The number of nitrogens with zero attached hydrogens (tertiary/aromatic N) is 3. The number of sulfonamides is 1. The number of aromatic nitrogens is 3. The highest BCUT2D eigenvalue weighted by molar-refractivity contribution is 7.89. The molecule has 0 unspecified atom stereocenters. The molecule has 0 aliphatic heterocycles. The minimum absolute atomic E-state index is 0.232. The maximum Gasteiger partial charge on any atom is 0.244 e. The van der Waals surface area contributed by atoms with Crippen LogP contribution >= 0.6 is 0 Å². The largest absolute Gasteiger partial charge is 0.274 e. The van der Waals surface area contributed by atoms with E-state index in [0.717, 1.165) is 31.2 Å². The lowest BCUT2D eigenvalue weighted by Gasteiger charge is -2.09. The normalized spacial score (nSPS) is 16.2. The van der Waals surface area contributed by atoms with Gasteiger partial charge in [-0.3, -0.25) is 9.67 Å². The van der Waals surface area contributed by atoms with Gasteiger partial charge in [0.05, 0.1) is 5.69 Å². The Morgan fingerprint density at radius 3 is 2.88 bits per heavy atom. The molecule has 0 amide bonds. The second-order valence-corrected chi connectivity index (χ2v) is 7.81. The van der Waals surface area contributed by atoms with Gasteiger partial charge in [0.1, 0.15) is 4.90 Å². The summed E-state index contributed by atoms with van der Waals surface area (Å²) in [6.07, 6.45) is 13.0. The van der Waals surface area contributed by atoms with Gasteiger partial charge in [-0.15, -0.1) is 0 Å². The second kappa shape index (κ2) is 7.27. The van der Waals surface area contributed by atoms with Crippen molar-refractivity contribution in [1.82, 2.24) is 19.5 Å². The predicted octanol–water partition coefficient (Wildman–Crippen LogP) is 2.46. The van der Waals surface area contributed by atoms with Gasteiger partial charge in [0.15, 0.2) is 0 Å². The van der Waals surface area contributed by atoms with E-state index >= 15 is 0 Å². The first kappa shape index (κ1) is 16.9. The van der Waals surface area contributed by atoms with Crippen molar-refractivity contribution in [2.24, 2.45) is 7.05 Å². The van der Waals surface area contributed by atoms with Crippen molar-refractivity contribution in [3.63, 3.8) is 0 Å². The zero-order valence-electron chi connectivity index (χ0n) is 13.7. The Bertz CT molecular complexity index is 806. The van der Waals surface area contributed by atoms with Crippen LogP contribution in [0.4, 0.5) is 0 Å². The van der Waals surface area contributed by atoms with Crippen molar-refractivity contribution in [2.45, 2.75) is 36.5 Å². The van der Waals surface area contributed by atoms with Crippen LogP contribution in [0.25, 0.3) is 6.08 Å². The Balaban J connectivity index is 1.70. The fourth-order valence-corrected chi connectivity index (χ4v) is 4.32. The minimum atomic E-state index is -3.56. The van der Waals surface area contributed by atoms with Crippen LogP contribution in [0.2, 0.25) is 0 Å². The van der Waals surface area contributed by atoms with Gasteiger partial charge < -0.3 is 0 Å². The third-order valence-electron chi connectivity index (χ3n) is 4.24. The number of rotatable bonds is 6. The first-order chi connectivity index (χ1) is 11.6. The highest BCUT2D eigenvalue weighted by atomic mass is 32.2. The molecule has 0 saturated heterocycles. The molecule has 0 radical (unpaired) electrons. The molecule has 1 N–H and O–H groups in total. The van der Waals surface area contributed by atoms with Crippen LogP contribution in [0, 0.1) is 0 Å². The average molecular weight is 346 g/mol. The topological polar surface area (TPSA) is 76.9 Å². The van der Waals surface area contributed by atoms with Crippen LogP contribution in [0.5, 0.6) is 0 Å². The summed E-state index contributed by atoms with van der Waals surface area (Å²) in [4.78, 5) is 4.33. The smallest absolute Gasteiger partial charge is 0.244 e. The quantitative estimate of drug-likeness (QED) is 0.872. The SMILES string of the molecule is Cn1cc(S(=O)(=O)NC/C=C/c2cccnc2)c(C2CCCC2)n1. The molecule has 0 spiro atoms. The molecule has 128 valence electrons. The summed E-state index contributed by atoms with van der Waals surface area (Å²) < 4.78 is 29.5. The van der Waals surface area contributed by atoms with Crippen molar-refractivity contribution >= 4 is 16.1 Å². The maximum atomic E-state index is 12.6. The maximum absolute atomic E-state index is 12.6. The molecule has 2 aromatic rings. The first-order valence-corrected chi connectivity index (χ1v) is 9.64. The van der Waals surface area contributed by atoms with Gasteiger partial charge >= 0.3 is 0 Å². The fourth-order valence-electron chi connectivity index (χ4n) is 3.08. The van der Waals surface area contributed by atoms with Gasteiger partial charge in [-0.25, -0.2) is 13.1 Å². The Kier molecular flexibility index (Phi) is 5.11. The van der Waals surface area contributed by atoms with Gasteiger partial charge in [0, 0.05) is 38.1 Å². The van der Waals surface area contributed by atoms with E-state index in [1.165, 1.54) is 0 Å². The van der Waals surface area contributed by atoms with Crippen molar-refractivity contribution in [1.29, 1.82) is 0 Å². The summed E-state index contributed by atoms with van der Waals surface area (Å²) in [7, 11) is -1.80. The van der Waals surface area contributed by atoms with E-state index in [1.54, 1.807) is 36.4 Å². The highest BCUT2D eigenvalue weighted by Gasteiger charge is 2.28. The van der Waals surface area contributed by atoms with E-state index in [9.17, 15) is 8.42 Å². The Morgan fingerprint density at radius 2 is 2.17 bits per heavy atom. The second-order valence-electron chi connectivity index (χ2n) is 6.07. The summed E-state index contributed by atoms with van der Waals surface area (Å²) in [5, 5.41) is 4.41. The van der Waals surface area contributed by atoms with Crippen molar-refractivity contribution < 1.29 is 8.42 Å². The number of hydrogen-bond donors (Lipinski definition) is 1. The molecule has 1 aliphatic carbocycles. The fraction of sp³-hybridized carbons (Fsp3) is 0.412. The molecule has 2 aromatic heterocycles. The summed E-state index contributed by atoms with van der Waals surface area (Å²) in [5.74, 6) is 0.253. The van der Waals surface area contributed by atoms with Crippen molar-refractivity contribution in [2.75, 3.05) is 6.54 Å². The molecule has 0 bridgehead atoms. The molecule has 7 heteroatoms. The molecule has 1 fully saturated rings. The van der Waals surface area contributed by atoms with E-state index in [4.69, 9.17) is 0 Å². The third kappa shape index (κ3) is 3.91. The lowest BCUT2D eigenvalue weighted by molar-refractivity contribution is 0.581. The Hall–Kier alpha value is -1.99. The van der Waals surface area contributed by atoms with Crippen LogP contribution in [0.15, 0.2) is 41.7 Å². The number of pyridine rings is 1. The molecule has 0 atom stereocenters. The van der Waals surface area contributed by atoms with Gasteiger partial charge in [0.2, 0.25) is 10.0 Å². The van der Waals surface area contributed by atoms with E-state index < -0.39 is 10.0 Å². The summed E-state index contributed by atoms with van der Waals surface area (Å²) >= 11 is 0. The molecule has 1 saturated carbocycles. The van der Waals surface area contributed by atoms with E-state index in [-0.39, 0.29) is 12.5 Å². The number of aryl methyl sites for hydroxylation is 1. The van der Waals surface area contributed by atoms with Crippen molar-refractivity contribution in [3.8, 4) is 0 Å². The minimum Gasteiger partial charge on any atom is -0.274 e. The summed E-state index contributed by atoms with van der Waals surface area (Å²) in [6.45, 7) is 0.232. The lowest BCUT2D eigenvalue weighted by atomic mass is 10.1. The van der Waals surface area contributed by atoms with E-state index in [0.29, 0.717) is 10.6 Å². The standard InChI is InChI=1S/C17H22N4O2S/c1-21-13-16(17(20-21)15-8-2-3-9-15)24(22,23)19-11-5-7-14-6-4-10-18-12-14/h4-7,10,12-13,15,19H,2-3,8-9,11H2,1H3/b7-5+. The van der Waals surface area contributed by atoms with Crippen LogP contribution in [0.3, 0.4) is 0 Å². The highest BCUT2D eigenvalue weighted by Crippen LogP contribution is 2.36. The lowest BCUT2D eigenvalue weighted by Crippen LogP contribution is -2.24. The van der Waals surface area contributed by atoms with E-state index in [1.807, 2.05) is 18.2 Å². The van der Waals surface area contributed by atoms with Crippen LogP contribution in [-0.4, -0.2) is 29.7 Å². The molecular weight excluding hydrogens is 324 g/mol. The molecule has 0 aromatic carbocycles. The zero-order valence-corrected chi connectivity index (χ0v) is 14.5. The van der Waals surface area contributed by atoms with E-state index in [2.05, 4.69) is 14.8 Å². The first-order valence-electron chi connectivity index (χ1n) is 8.16. The third-order valence-corrected chi connectivity index (χ3v) is 5.68. The van der Waals surface area contributed by atoms with Crippen LogP contribution in [0.1, 0.15) is 42.9 Å². The van der Waals surface area contributed by atoms with Gasteiger partial charge in [0.25, 0.3) is 0 Å². The van der Waals surface area contributed by atoms with Crippen LogP contribution in [-0.2, 0) is 17.1 Å². The molecule has 3 rings (SSSR count).